The monoisotopic (exact) mass is 412 g/mol. The summed E-state index contributed by atoms with van der Waals surface area (Å²) in [5.41, 5.74) is 5.47. The average Bonchev–Trinajstić information content (AvgIpc) is 3.14. The lowest BCUT2D eigenvalue weighted by atomic mass is 9.92. The molecule has 3 heterocycles. The number of aromatic nitrogens is 3. The molecule has 5 rings (SSSR count). The van der Waals surface area contributed by atoms with Crippen molar-refractivity contribution in [3.63, 3.8) is 0 Å². The van der Waals surface area contributed by atoms with E-state index in [0.29, 0.717) is 12.2 Å². The van der Waals surface area contributed by atoms with Crippen molar-refractivity contribution >= 4 is 16.8 Å². The topological polar surface area (TPSA) is 71.0 Å². The lowest BCUT2D eigenvalue weighted by Gasteiger charge is -2.36. The largest absolute Gasteiger partial charge is 0.356 e. The van der Waals surface area contributed by atoms with Crippen LogP contribution in [0.3, 0.4) is 0 Å². The van der Waals surface area contributed by atoms with Crippen LogP contribution in [0.15, 0.2) is 65.5 Å². The van der Waals surface area contributed by atoms with E-state index in [9.17, 15) is 9.59 Å². The molecule has 6 heteroatoms. The van der Waals surface area contributed by atoms with Crippen LogP contribution >= 0.6 is 0 Å². The summed E-state index contributed by atoms with van der Waals surface area (Å²) in [6.45, 7) is 4.20. The number of aryl methyl sites for hydroxylation is 2. The molecule has 1 amide bonds. The first kappa shape index (κ1) is 19.3. The predicted octanol–water partition coefficient (Wildman–Crippen LogP) is 3.52. The highest BCUT2D eigenvalue weighted by molar-refractivity contribution is 5.86. The van der Waals surface area contributed by atoms with Crippen LogP contribution in [0.5, 0.6) is 0 Å². The molecule has 0 saturated carbocycles. The van der Waals surface area contributed by atoms with Gasteiger partial charge in [0.15, 0.2) is 0 Å². The molecule has 2 aromatic heterocycles. The minimum absolute atomic E-state index is 0.0170. The van der Waals surface area contributed by atoms with Crippen LogP contribution < -0.4 is 5.69 Å². The highest BCUT2D eigenvalue weighted by atomic mass is 16.2. The molecule has 1 atom stereocenters. The number of rotatable bonds is 3. The van der Waals surface area contributed by atoms with E-state index < -0.39 is 0 Å². The van der Waals surface area contributed by atoms with Crippen LogP contribution in [0.25, 0.3) is 10.9 Å². The summed E-state index contributed by atoms with van der Waals surface area (Å²) in [6, 6.07) is 19.9. The molecule has 0 aliphatic carbocycles. The number of hydrogen-bond donors (Lipinski definition) is 1. The lowest BCUT2D eigenvalue weighted by Crippen LogP contribution is -2.44. The molecular formula is C25H24N4O2. The fourth-order valence-corrected chi connectivity index (χ4v) is 4.68. The smallest absolute Gasteiger partial charge is 0.348 e. The molecule has 1 aliphatic rings. The van der Waals surface area contributed by atoms with Crippen LogP contribution in [0.1, 0.15) is 34.3 Å². The van der Waals surface area contributed by atoms with E-state index in [2.05, 4.69) is 34.2 Å². The summed E-state index contributed by atoms with van der Waals surface area (Å²) in [5.74, 6) is -0.0889. The first-order chi connectivity index (χ1) is 15.0. The third kappa shape index (κ3) is 3.34. The summed E-state index contributed by atoms with van der Waals surface area (Å²) in [6.07, 6.45) is 0.772. The summed E-state index contributed by atoms with van der Waals surface area (Å²) < 4.78 is 1.46. The van der Waals surface area contributed by atoms with Crippen LogP contribution in [-0.2, 0) is 17.8 Å². The minimum atomic E-state index is -0.384. The fraction of sp³-hybridized carbons (Fsp3) is 0.240. The maximum atomic E-state index is 13.5. The van der Waals surface area contributed by atoms with Crippen molar-refractivity contribution in [1.82, 2.24) is 19.4 Å². The number of para-hydroxylation sites is 1. The van der Waals surface area contributed by atoms with Gasteiger partial charge < -0.3 is 9.88 Å². The summed E-state index contributed by atoms with van der Waals surface area (Å²) in [7, 11) is 0. The third-order valence-electron chi connectivity index (χ3n) is 6.11. The molecule has 0 bridgehead atoms. The van der Waals surface area contributed by atoms with Crippen molar-refractivity contribution < 1.29 is 4.79 Å². The van der Waals surface area contributed by atoms with Crippen LogP contribution in [0, 0.1) is 13.8 Å². The predicted molar refractivity (Wildman–Crippen MR) is 120 cm³/mol. The third-order valence-corrected chi connectivity index (χ3v) is 6.11. The normalized spacial score (nSPS) is 15.8. The van der Waals surface area contributed by atoms with E-state index in [1.165, 1.54) is 15.5 Å². The average molecular weight is 412 g/mol. The van der Waals surface area contributed by atoms with Gasteiger partial charge >= 0.3 is 5.69 Å². The number of fused-ring (bicyclic) bond motifs is 3. The van der Waals surface area contributed by atoms with Crippen molar-refractivity contribution in [3.8, 4) is 0 Å². The zero-order valence-electron chi connectivity index (χ0n) is 17.6. The standard InChI is InChI=1S/C25H24N4O2/c1-16-14-17(2)29(25(31)26-16)15-22(30)28-13-12-20-19-10-6-7-11-21(19)27-23(20)24(28)18-8-4-3-5-9-18/h3-11,14,24,27H,12-13,15H2,1-2H3. The van der Waals surface area contributed by atoms with E-state index in [1.54, 1.807) is 6.92 Å². The van der Waals surface area contributed by atoms with Crippen LogP contribution in [0.4, 0.5) is 0 Å². The second-order valence-electron chi connectivity index (χ2n) is 8.12. The Kier molecular flexibility index (Phi) is 4.70. The molecule has 0 radical (unpaired) electrons. The van der Waals surface area contributed by atoms with E-state index in [-0.39, 0.29) is 24.2 Å². The maximum absolute atomic E-state index is 13.5. The Balaban J connectivity index is 1.58. The number of nitrogens with zero attached hydrogens (tertiary/aromatic N) is 3. The Morgan fingerprint density at radius 2 is 1.84 bits per heavy atom. The maximum Gasteiger partial charge on any atom is 0.348 e. The van der Waals surface area contributed by atoms with Gasteiger partial charge in [-0.2, -0.15) is 4.98 Å². The summed E-state index contributed by atoms with van der Waals surface area (Å²) in [4.78, 5) is 35.4. The van der Waals surface area contributed by atoms with Crippen molar-refractivity contribution in [2.75, 3.05) is 6.54 Å². The molecule has 2 aromatic carbocycles. The molecule has 1 aliphatic heterocycles. The second-order valence-corrected chi connectivity index (χ2v) is 8.12. The zero-order chi connectivity index (χ0) is 21.5. The molecule has 1 N–H and O–H groups in total. The number of benzene rings is 2. The number of carbonyl (C=O) groups is 1. The van der Waals surface area contributed by atoms with Gasteiger partial charge in [-0.3, -0.25) is 9.36 Å². The summed E-state index contributed by atoms with van der Waals surface area (Å²) in [5, 5.41) is 1.21. The van der Waals surface area contributed by atoms with Gasteiger partial charge in [0.2, 0.25) is 5.91 Å². The van der Waals surface area contributed by atoms with Gasteiger partial charge in [0.05, 0.1) is 6.04 Å². The Labute approximate surface area is 180 Å². The lowest BCUT2D eigenvalue weighted by molar-refractivity contribution is -0.134. The number of nitrogens with one attached hydrogen (secondary N) is 1. The van der Waals surface area contributed by atoms with E-state index in [4.69, 9.17) is 0 Å². The quantitative estimate of drug-likeness (QED) is 0.560. The van der Waals surface area contributed by atoms with Gasteiger partial charge in [0, 0.05) is 34.5 Å². The molecular weight excluding hydrogens is 388 g/mol. The van der Waals surface area contributed by atoms with Gasteiger partial charge in [-0.25, -0.2) is 4.79 Å². The van der Waals surface area contributed by atoms with E-state index in [0.717, 1.165) is 28.9 Å². The highest BCUT2D eigenvalue weighted by Crippen LogP contribution is 2.38. The number of hydrogen-bond acceptors (Lipinski definition) is 3. The molecule has 0 spiro atoms. The first-order valence-corrected chi connectivity index (χ1v) is 10.5. The Hall–Kier alpha value is -3.67. The number of aromatic amines is 1. The van der Waals surface area contributed by atoms with Crippen molar-refractivity contribution in [2.24, 2.45) is 0 Å². The number of carbonyl (C=O) groups excluding carboxylic acids is 1. The Bertz CT molecular complexity index is 1340. The zero-order valence-corrected chi connectivity index (χ0v) is 17.6. The SMILES string of the molecule is Cc1cc(C)n(CC(=O)N2CCc3c([nH]c4ccccc34)C2c2ccccc2)c(=O)n1. The van der Waals surface area contributed by atoms with Crippen molar-refractivity contribution in [1.29, 1.82) is 0 Å². The molecule has 4 aromatic rings. The van der Waals surface area contributed by atoms with Crippen LogP contribution in [0.2, 0.25) is 0 Å². The van der Waals surface area contributed by atoms with Gasteiger partial charge in [-0.1, -0.05) is 48.5 Å². The number of amides is 1. The summed E-state index contributed by atoms with van der Waals surface area (Å²) >= 11 is 0. The Morgan fingerprint density at radius 1 is 1.10 bits per heavy atom. The molecule has 0 saturated heterocycles. The van der Waals surface area contributed by atoms with Gasteiger partial charge in [0.25, 0.3) is 0 Å². The molecule has 1 unspecified atom stereocenters. The van der Waals surface area contributed by atoms with E-state index in [1.807, 2.05) is 48.2 Å². The first-order valence-electron chi connectivity index (χ1n) is 10.5. The van der Waals surface area contributed by atoms with Crippen molar-refractivity contribution in [2.45, 2.75) is 32.9 Å². The Morgan fingerprint density at radius 3 is 2.61 bits per heavy atom. The highest BCUT2D eigenvalue weighted by Gasteiger charge is 2.34. The van der Waals surface area contributed by atoms with Crippen molar-refractivity contribution in [3.05, 3.63) is 99.4 Å². The van der Waals surface area contributed by atoms with Gasteiger partial charge in [-0.05, 0) is 43.5 Å². The van der Waals surface area contributed by atoms with Crippen LogP contribution in [-0.4, -0.2) is 31.9 Å². The minimum Gasteiger partial charge on any atom is -0.356 e. The van der Waals surface area contributed by atoms with E-state index >= 15 is 0 Å². The molecule has 6 nitrogen and oxygen atoms in total. The molecule has 31 heavy (non-hydrogen) atoms. The second kappa shape index (κ2) is 7.54. The molecule has 156 valence electrons. The fourth-order valence-electron chi connectivity index (χ4n) is 4.68. The van der Waals surface area contributed by atoms with Gasteiger partial charge in [0.1, 0.15) is 6.54 Å². The van der Waals surface area contributed by atoms with Gasteiger partial charge in [-0.15, -0.1) is 0 Å². The molecule has 0 fully saturated rings. The number of H-pyrrole nitrogens is 1.